The second-order valence-corrected chi connectivity index (χ2v) is 3.16. The average molecular weight is 197 g/mol. The van der Waals surface area contributed by atoms with Crippen molar-refractivity contribution in [3.8, 4) is 0 Å². The van der Waals surface area contributed by atoms with Crippen LogP contribution in [0.3, 0.4) is 0 Å². The number of carbonyl (C=O) groups is 1. The van der Waals surface area contributed by atoms with E-state index in [1.165, 1.54) is 6.92 Å². The maximum Gasteiger partial charge on any atom is 0.217 e. The predicted octanol–water partition coefficient (Wildman–Crippen LogP) is 1.41. The van der Waals surface area contributed by atoms with Gasteiger partial charge in [0.25, 0.3) is 0 Å². The Morgan fingerprint density at radius 2 is 2.36 bits per heavy atom. The molecule has 1 N–H and O–H groups in total. The summed E-state index contributed by atoms with van der Waals surface area (Å²) in [6.07, 6.45) is 0. The first-order valence-corrected chi connectivity index (χ1v) is 4.46. The van der Waals surface area contributed by atoms with E-state index >= 15 is 0 Å². The van der Waals surface area contributed by atoms with Gasteiger partial charge in [0.15, 0.2) is 0 Å². The normalized spacial score (nSPS) is 12.5. The van der Waals surface area contributed by atoms with E-state index in [0.717, 1.165) is 11.5 Å². The zero-order valence-corrected chi connectivity index (χ0v) is 8.66. The fourth-order valence-corrected chi connectivity index (χ4v) is 1.25. The number of furan rings is 1. The molecule has 0 bridgehead atoms. The third kappa shape index (κ3) is 2.88. The van der Waals surface area contributed by atoms with Crippen molar-refractivity contribution in [3.05, 3.63) is 23.7 Å². The summed E-state index contributed by atoms with van der Waals surface area (Å²) in [5.41, 5.74) is 0. The van der Waals surface area contributed by atoms with Crippen LogP contribution in [0.4, 0.5) is 0 Å². The second kappa shape index (κ2) is 4.81. The molecule has 1 rings (SSSR count). The number of aryl methyl sites for hydroxylation is 1. The summed E-state index contributed by atoms with van der Waals surface area (Å²) in [6.45, 7) is 3.74. The molecule has 1 amide bonds. The van der Waals surface area contributed by atoms with Gasteiger partial charge in [0.1, 0.15) is 17.6 Å². The maximum absolute atomic E-state index is 10.9. The van der Waals surface area contributed by atoms with Crippen molar-refractivity contribution in [1.29, 1.82) is 0 Å². The third-order valence-corrected chi connectivity index (χ3v) is 1.82. The van der Waals surface area contributed by atoms with Crippen LogP contribution in [0.2, 0.25) is 0 Å². The van der Waals surface area contributed by atoms with Crippen LogP contribution in [0, 0.1) is 6.92 Å². The minimum Gasteiger partial charge on any atom is -0.464 e. The number of ether oxygens (including phenoxy) is 1. The molecular weight excluding hydrogens is 182 g/mol. The van der Waals surface area contributed by atoms with Gasteiger partial charge in [-0.05, 0) is 19.1 Å². The van der Waals surface area contributed by atoms with Gasteiger partial charge < -0.3 is 14.5 Å². The number of carbonyl (C=O) groups excluding carboxylic acids is 1. The van der Waals surface area contributed by atoms with Gasteiger partial charge in [-0.1, -0.05) is 0 Å². The van der Waals surface area contributed by atoms with Crippen molar-refractivity contribution >= 4 is 5.91 Å². The van der Waals surface area contributed by atoms with E-state index in [2.05, 4.69) is 5.32 Å². The van der Waals surface area contributed by atoms with Crippen LogP contribution in [0.5, 0.6) is 0 Å². The molecule has 0 aliphatic rings. The highest BCUT2D eigenvalue weighted by Gasteiger charge is 2.15. The molecule has 1 aromatic heterocycles. The highest BCUT2D eigenvalue weighted by atomic mass is 16.5. The Bertz CT molecular complexity index is 306. The minimum atomic E-state index is -0.203. The first-order valence-electron chi connectivity index (χ1n) is 4.46. The Balaban J connectivity index is 2.71. The van der Waals surface area contributed by atoms with Crippen molar-refractivity contribution in [1.82, 2.24) is 5.32 Å². The Kier molecular flexibility index (Phi) is 3.71. The van der Waals surface area contributed by atoms with Gasteiger partial charge in [0.2, 0.25) is 5.91 Å². The monoisotopic (exact) mass is 197 g/mol. The van der Waals surface area contributed by atoms with Crippen LogP contribution in [-0.4, -0.2) is 19.6 Å². The smallest absolute Gasteiger partial charge is 0.217 e. The van der Waals surface area contributed by atoms with E-state index in [4.69, 9.17) is 9.15 Å². The lowest BCUT2D eigenvalue weighted by atomic mass is 10.2. The van der Waals surface area contributed by atoms with Crippen LogP contribution in [0.1, 0.15) is 24.5 Å². The second-order valence-electron chi connectivity index (χ2n) is 3.16. The number of methoxy groups -OCH3 is 1. The molecule has 0 fully saturated rings. The van der Waals surface area contributed by atoms with E-state index in [9.17, 15) is 4.79 Å². The first kappa shape index (κ1) is 10.8. The van der Waals surface area contributed by atoms with E-state index < -0.39 is 0 Å². The molecule has 0 saturated carbocycles. The van der Waals surface area contributed by atoms with Crippen molar-refractivity contribution in [2.75, 3.05) is 13.7 Å². The lowest BCUT2D eigenvalue weighted by Gasteiger charge is -2.13. The van der Waals surface area contributed by atoms with Gasteiger partial charge in [-0.2, -0.15) is 0 Å². The largest absolute Gasteiger partial charge is 0.464 e. The highest BCUT2D eigenvalue weighted by Crippen LogP contribution is 2.16. The highest BCUT2D eigenvalue weighted by molar-refractivity contribution is 5.73. The molecule has 0 saturated heterocycles. The van der Waals surface area contributed by atoms with Crippen molar-refractivity contribution in [3.63, 3.8) is 0 Å². The fraction of sp³-hybridized carbons (Fsp3) is 0.500. The average Bonchev–Trinajstić information content (AvgIpc) is 2.50. The molecule has 78 valence electrons. The van der Waals surface area contributed by atoms with Gasteiger partial charge in [-0.3, -0.25) is 4.79 Å². The summed E-state index contributed by atoms with van der Waals surface area (Å²) < 4.78 is 10.4. The number of hydrogen-bond acceptors (Lipinski definition) is 3. The Hall–Kier alpha value is -1.29. The SMILES string of the molecule is COCC(NC(C)=O)c1ccc(C)o1. The summed E-state index contributed by atoms with van der Waals surface area (Å²) in [5.74, 6) is 1.45. The Labute approximate surface area is 83.2 Å². The molecule has 4 heteroatoms. The molecule has 0 aliphatic carbocycles. The van der Waals surface area contributed by atoms with Crippen molar-refractivity contribution in [2.45, 2.75) is 19.9 Å². The van der Waals surface area contributed by atoms with Gasteiger partial charge in [-0.25, -0.2) is 0 Å². The molecule has 0 aliphatic heterocycles. The van der Waals surface area contributed by atoms with E-state index in [0.29, 0.717) is 6.61 Å². The minimum absolute atomic E-state index is 0.0962. The molecule has 0 radical (unpaired) electrons. The topological polar surface area (TPSA) is 51.5 Å². The van der Waals surface area contributed by atoms with Crippen LogP contribution in [0.25, 0.3) is 0 Å². The van der Waals surface area contributed by atoms with Gasteiger partial charge in [-0.15, -0.1) is 0 Å². The fourth-order valence-electron chi connectivity index (χ4n) is 1.25. The van der Waals surface area contributed by atoms with Crippen LogP contribution >= 0.6 is 0 Å². The zero-order chi connectivity index (χ0) is 10.6. The lowest BCUT2D eigenvalue weighted by Crippen LogP contribution is -2.28. The lowest BCUT2D eigenvalue weighted by molar-refractivity contribution is -0.120. The summed E-state index contributed by atoms with van der Waals surface area (Å²) in [7, 11) is 1.59. The van der Waals surface area contributed by atoms with Gasteiger partial charge >= 0.3 is 0 Å². The Morgan fingerprint density at radius 1 is 1.64 bits per heavy atom. The summed E-state index contributed by atoms with van der Waals surface area (Å²) in [4.78, 5) is 10.9. The standard InChI is InChI=1S/C10H15NO3/c1-7-4-5-10(14-7)9(6-13-3)11-8(2)12/h4-5,9H,6H2,1-3H3,(H,11,12). The molecule has 0 spiro atoms. The van der Waals surface area contributed by atoms with Crippen LogP contribution < -0.4 is 5.32 Å². The third-order valence-electron chi connectivity index (χ3n) is 1.82. The zero-order valence-electron chi connectivity index (χ0n) is 8.66. The van der Waals surface area contributed by atoms with Gasteiger partial charge in [0, 0.05) is 14.0 Å². The molecular formula is C10H15NO3. The first-order chi connectivity index (χ1) is 6.63. The van der Waals surface area contributed by atoms with Crippen molar-refractivity contribution < 1.29 is 13.9 Å². The van der Waals surface area contributed by atoms with E-state index in [1.54, 1.807) is 7.11 Å². The van der Waals surface area contributed by atoms with Crippen LogP contribution in [-0.2, 0) is 9.53 Å². The quantitative estimate of drug-likeness (QED) is 0.794. The molecule has 0 aromatic carbocycles. The predicted molar refractivity (Wildman–Crippen MR) is 51.9 cm³/mol. The molecule has 1 unspecified atom stereocenters. The van der Waals surface area contributed by atoms with Crippen molar-refractivity contribution in [2.24, 2.45) is 0 Å². The number of nitrogens with one attached hydrogen (secondary N) is 1. The Morgan fingerprint density at radius 3 is 2.79 bits per heavy atom. The number of hydrogen-bond donors (Lipinski definition) is 1. The summed E-state index contributed by atoms with van der Waals surface area (Å²) >= 11 is 0. The summed E-state index contributed by atoms with van der Waals surface area (Å²) in [5, 5.41) is 2.75. The number of amides is 1. The van der Waals surface area contributed by atoms with Gasteiger partial charge in [0.05, 0.1) is 6.61 Å². The summed E-state index contributed by atoms with van der Waals surface area (Å²) in [6, 6.07) is 3.50. The van der Waals surface area contributed by atoms with E-state index in [1.807, 2.05) is 19.1 Å². The number of rotatable bonds is 4. The molecule has 1 heterocycles. The molecule has 1 atom stereocenters. The maximum atomic E-state index is 10.9. The molecule has 4 nitrogen and oxygen atoms in total. The molecule has 1 aromatic rings. The van der Waals surface area contributed by atoms with Crippen LogP contribution in [0.15, 0.2) is 16.5 Å². The van der Waals surface area contributed by atoms with E-state index in [-0.39, 0.29) is 11.9 Å². The molecule has 14 heavy (non-hydrogen) atoms.